The summed E-state index contributed by atoms with van der Waals surface area (Å²) in [6.45, 7) is 0.511. The quantitative estimate of drug-likeness (QED) is 0.670. The number of aromatic carboxylic acids is 1. The van der Waals surface area contributed by atoms with Crippen LogP contribution in [-0.4, -0.2) is 43.3 Å². The molecule has 1 aliphatic heterocycles. The van der Waals surface area contributed by atoms with Crippen molar-refractivity contribution in [1.29, 1.82) is 0 Å². The monoisotopic (exact) mass is 339 g/mol. The molecule has 4 rings (SSSR count). The van der Waals surface area contributed by atoms with E-state index in [2.05, 4.69) is 25.1 Å². The second-order valence-corrected chi connectivity index (χ2v) is 6.14. The summed E-state index contributed by atoms with van der Waals surface area (Å²) in [6, 6.07) is 5.08. The molecule has 1 amide bonds. The van der Waals surface area contributed by atoms with Crippen LogP contribution >= 0.6 is 0 Å². The number of hydrogen-bond acceptors (Lipinski definition) is 4. The van der Waals surface area contributed by atoms with Gasteiger partial charge in [0.2, 0.25) is 0 Å². The topological polar surface area (TPSA) is 113 Å². The molecule has 0 spiro atoms. The SMILES string of the molecule is O=C(NCC1CCCc2nccn21)c1ccc2[nH]nc(C(=O)O)c2c1. The lowest BCUT2D eigenvalue weighted by molar-refractivity contribution is 0.0692. The van der Waals surface area contributed by atoms with Crippen molar-refractivity contribution in [3.8, 4) is 0 Å². The van der Waals surface area contributed by atoms with Crippen LogP contribution in [0.5, 0.6) is 0 Å². The minimum atomic E-state index is -1.13. The van der Waals surface area contributed by atoms with E-state index in [4.69, 9.17) is 5.11 Å². The number of hydrogen-bond donors (Lipinski definition) is 3. The summed E-state index contributed by atoms with van der Waals surface area (Å²) in [6.07, 6.45) is 6.75. The van der Waals surface area contributed by atoms with Crippen molar-refractivity contribution in [2.24, 2.45) is 0 Å². The van der Waals surface area contributed by atoms with E-state index in [1.165, 1.54) is 0 Å². The molecule has 128 valence electrons. The zero-order valence-electron chi connectivity index (χ0n) is 13.4. The number of carbonyl (C=O) groups excluding carboxylic acids is 1. The molecule has 1 atom stereocenters. The number of rotatable bonds is 4. The number of carboxylic acids is 1. The summed E-state index contributed by atoms with van der Waals surface area (Å²) in [4.78, 5) is 28.0. The van der Waals surface area contributed by atoms with Gasteiger partial charge in [-0.1, -0.05) is 0 Å². The zero-order valence-corrected chi connectivity index (χ0v) is 13.4. The molecule has 8 heteroatoms. The Morgan fingerprint density at radius 3 is 3.12 bits per heavy atom. The maximum atomic E-state index is 12.5. The van der Waals surface area contributed by atoms with Crippen LogP contribution in [0.4, 0.5) is 0 Å². The molecule has 0 radical (unpaired) electrons. The molecule has 3 aromatic rings. The highest BCUT2D eigenvalue weighted by Gasteiger charge is 2.21. The lowest BCUT2D eigenvalue weighted by Crippen LogP contribution is -2.32. The van der Waals surface area contributed by atoms with Crippen molar-refractivity contribution >= 4 is 22.8 Å². The van der Waals surface area contributed by atoms with E-state index in [0.717, 1.165) is 25.1 Å². The second-order valence-electron chi connectivity index (χ2n) is 6.14. The summed E-state index contributed by atoms with van der Waals surface area (Å²) < 4.78 is 2.12. The summed E-state index contributed by atoms with van der Waals surface area (Å²) in [5.74, 6) is -0.304. The van der Waals surface area contributed by atoms with E-state index < -0.39 is 5.97 Å². The number of nitrogens with zero attached hydrogens (tertiary/aromatic N) is 3. The second kappa shape index (κ2) is 6.04. The molecule has 1 unspecified atom stereocenters. The molecule has 0 saturated heterocycles. The minimum Gasteiger partial charge on any atom is -0.476 e. The highest BCUT2D eigenvalue weighted by molar-refractivity contribution is 6.04. The predicted octanol–water partition coefficient (Wildman–Crippen LogP) is 1.76. The van der Waals surface area contributed by atoms with Crippen LogP contribution in [0, 0.1) is 0 Å². The van der Waals surface area contributed by atoms with Gasteiger partial charge in [-0.05, 0) is 31.0 Å². The number of H-pyrrole nitrogens is 1. The lowest BCUT2D eigenvalue weighted by Gasteiger charge is -2.25. The zero-order chi connectivity index (χ0) is 17.4. The number of aromatic nitrogens is 4. The van der Waals surface area contributed by atoms with Gasteiger partial charge in [0.05, 0.1) is 11.6 Å². The van der Waals surface area contributed by atoms with E-state index >= 15 is 0 Å². The van der Waals surface area contributed by atoms with Crippen LogP contribution in [-0.2, 0) is 6.42 Å². The van der Waals surface area contributed by atoms with Crippen molar-refractivity contribution in [3.63, 3.8) is 0 Å². The molecule has 25 heavy (non-hydrogen) atoms. The van der Waals surface area contributed by atoms with E-state index in [1.54, 1.807) is 24.4 Å². The average molecular weight is 339 g/mol. The highest BCUT2D eigenvalue weighted by atomic mass is 16.4. The van der Waals surface area contributed by atoms with Crippen LogP contribution < -0.4 is 5.32 Å². The first-order valence-corrected chi connectivity index (χ1v) is 8.15. The molecule has 1 aromatic carbocycles. The fourth-order valence-corrected chi connectivity index (χ4v) is 3.34. The maximum absolute atomic E-state index is 12.5. The third-order valence-corrected chi connectivity index (χ3v) is 4.61. The van der Waals surface area contributed by atoms with Crippen molar-refractivity contribution in [3.05, 3.63) is 47.7 Å². The molecule has 0 saturated carbocycles. The van der Waals surface area contributed by atoms with Gasteiger partial charge in [0.1, 0.15) is 5.82 Å². The molecule has 8 nitrogen and oxygen atoms in total. The summed E-state index contributed by atoms with van der Waals surface area (Å²) in [5.41, 5.74) is 0.919. The van der Waals surface area contributed by atoms with Gasteiger partial charge < -0.3 is 15.0 Å². The van der Waals surface area contributed by atoms with Gasteiger partial charge in [0, 0.05) is 36.3 Å². The number of carbonyl (C=O) groups is 2. The van der Waals surface area contributed by atoms with Crippen LogP contribution in [0.3, 0.4) is 0 Å². The summed E-state index contributed by atoms with van der Waals surface area (Å²) in [5, 5.41) is 18.9. The Balaban J connectivity index is 1.51. The number of aromatic amines is 1. The Kier molecular flexibility index (Phi) is 3.72. The van der Waals surface area contributed by atoms with Crippen LogP contribution in [0.1, 0.15) is 45.6 Å². The van der Waals surface area contributed by atoms with E-state index in [-0.39, 0.29) is 17.6 Å². The Hall–Kier alpha value is -3.16. The van der Waals surface area contributed by atoms with E-state index in [9.17, 15) is 9.59 Å². The Morgan fingerprint density at radius 2 is 2.28 bits per heavy atom. The number of fused-ring (bicyclic) bond motifs is 2. The molecule has 3 N–H and O–H groups in total. The Labute approximate surface area is 142 Å². The molecule has 2 aromatic heterocycles. The molecule has 1 aliphatic rings. The first-order valence-electron chi connectivity index (χ1n) is 8.15. The summed E-state index contributed by atoms with van der Waals surface area (Å²) in [7, 11) is 0. The Morgan fingerprint density at radius 1 is 1.40 bits per heavy atom. The van der Waals surface area contributed by atoms with Gasteiger partial charge >= 0.3 is 5.97 Å². The van der Waals surface area contributed by atoms with Crippen LogP contribution in [0.25, 0.3) is 10.9 Å². The molecular formula is C17H17N5O3. The van der Waals surface area contributed by atoms with Crippen molar-refractivity contribution < 1.29 is 14.7 Å². The number of imidazole rings is 1. The van der Waals surface area contributed by atoms with Gasteiger partial charge in [0.15, 0.2) is 5.69 Å². The van der Waals surface area contributed by atoms with Gasteiger partial charge in [-0.15, -0.1) is 0 Å². The van der Waals surface area contributed by atoms with Crippen molar-refractivity contribution in [1.82, 2.24) is 25.1 Å². The molecule has 3 heterocycles. The van der Waals surface area contributed by atoms with Crippen LogP contribution in [0.2, 0.25) is 0 Å². The van der Waals surface area contributed by atoms with Crippen molar-refractivity contribution in [2.75, 3.05) is 6.54 Å². The third-order valence-electron chi connectivity index (χ3n) is 4.61. The Bertz CT molecular complexity index is 958. The summed E-state index contributed by atoms with van der Waals surface area (Å²) >= 11 is 0. The fraction of sp³-hybridized carbons (Fsp3) is 0.294. The first-order chi connectivity index (χ1) is 12.1. The lowest BCUT2D eigenvalue weighted by atomic mass is 10.0. The molecular weight excluding hydrogens is 322 g/mol. The smallest absolute Gasteiger partial charge is 0.357 e. The van der Waals surface area contributed by atoms with Gasteiger partial charge in [0.25, 0.3) is 5.91 Å². The average Bonchev–Trinajstić information content (AvgIpc) is 3.25. The van der Waals surface area contributed by atoms with E-state index in [1.807, 2.05) is 6.20 Å². The molecule has 0 aliphatic carbocycles. The third kappa shape index (κ3) is 2.75. The van der Waals surface area contributed by atoms with Gasteiger partial charge in [-0.25, -0.2) is 9.78 Å². The number of amides is 1. The normalized spacial score (nSPS) is 16.6. The highest BCUT2D eigenvalue weighted by Crippen LogP contribution is 2.23. The standard InChI is InChI=1S/C17H17N5O3/c23-16(19-9-11-2-1-3-14-18-6-7-22(11)14)10-4-5-13-12(8-10)15(17(24)25)21-20-13/h4-8,11H,1-3,9H2,(H,19,23)(H,20,21)(H,24,25). The molecule has 0 fully saturated rings. The van der Waals surface area contributed by atoms with Crippen molar-refractivity contribution in [2.45, 2.75) is 25.3 Å². The number of benzene rings is 1. The number of aryl methyl sites for hydroxylation is 1. The van der Waals surface area contributed by atoms with Crippen LogP contribution in [0.15, 0.2) is 30.6 Å². The fourth-order valence-electron chi connectivity index (χ4n) is 3.34. The van der Waals surface area contributed by atoms with E-state index in [0.29, 0.717) is 23.0 Å². The first kappa shape index (κ1) is 15.4. The number of nitrogens with one attached hydrogen (secondary N) is 2. The van der Waals surface area contributed by atoms with Gasteiger partial charge in [-0.2, -0.15) is 5.10 Å². The largest absolute Gasteiger partial charge is 0.476 e. The predicted molar refractivity (Wildman–Crippen MR) is 89.6 cm³/mol. The maximum Gasteiger partial charge on any atom is 0.357 e. The minimum absolute atomic E-state index is 0.0833. The number of carboxylic acid groups (broad SMARTS) is 1. The molecule has 0 bridgehead atoms. The van der Waals surface area contributed by atoms with Gasteiger partial charge in [-0.3, -0.25) is 9.89 Å².